The number of carboxylic acid groups (broad SMARTS) is 1. The van der Waals surface area contributed by atoms with Crippen LogP contribution in [0.3, 0.4) is 0 Å². The number of thioether (sulfide) groups is 1. The molecule has 0 rings (SSSR count). The fraction of sp³-hybridized carbons (Fsp3) is 0.733. The molecule has 0 fully saturated rings. The summed E-state index contributed by atoms with van der Waals surface area (Å²) in [7, 11) is 0. The Morgan fingerprint density at radius 1 is 0.452 bits per heavy atom. The van der Waals surface area contributed by atoms with E-state index in [2.05, 4.69) is 47.9 Å². The molecule has 28 heteroatoms. The Kier molecular flexibility index (Phi) is 30.7. The van der Waals surface area contributed by atoms with Crippen LogP contribution in [0.5, 0.6) is 0 Å². The van der Waals surface area contributed by atoms with Gasteiger partial charge in [-0.05, 0) is 68.3 Å². The van der Waals surface area contributed by atoms with Gasteiger partial charge in [0.05, 0.1) is 25.7 Å². The van der Waals surface area contributed by atoms with Crippen LogP contribution in [-0.2, 0) is 57.5 Å². The highest BCUT2D eigenvalue weighted by molar-refractivity contribution is 7.98. The smallest absolute Gasteiger partial charge is 0.326 e. The number of rotatable bonds is 35. The number of carbonyl (C=O) groups excluding carboxylic acids is 11. The Morgan fingerprint density at radius 2 is 0.836 bits per heavy atom. The Morgan fingerprint density at radius 3 is 1.27 bits per heavy atom. The van der Waals surface area contributed by atoms with Gasteiger partial charge in [-0.25, -0.2) is 4.79 Å². The Hall–Kier alpha value is -6.13. The number of carboxylic acids is 1. The average Bonchev–Trinajstić information content (AvgIpc) is 3.28. The highest BCUT2D eigenvalue weighted by Gasteiger charge is 2.36. The van der Waals surface area contributed by atoms with E-state index in [1.54, 1.807) is 27.7 Å². The number of carbonyl (C=O) groups is 12. The van der Waals surface area contributed by atoms with Crippen LogP contribution in [0.15, 0.2) is 0 Å². The first-order valence-electron chi connectivity index (χ1n) is 23.9. The highest BCUT2D eigenvalue weighted by Crippen LogP contribution is 2.11. The number of aliphatic hydroxyl groups excluding tert-OH is 2. The summed E-state index contributed by atoms with van der Waals surface area (Å²) in [6, 6.07) is -14.4. The maximum Gasteiger partial charge on any atom is 0.326 e. The molecule has 10 atom stereocenters. The van der Waals surface area contributed by atoms with Gasteiger partial charge in [0.2, 0.25) is 65.0 Å². The molecule has 0 aliphatic heterocycles. The lowest BCUT2D eigenvalue weighted by molar-refractivity contribution is -0.144. The molecule has 0 saturated carbocycles. The van der Waals surface area contributed by atoms with E-state index in [1.807, 2.05) is 20.1 Å². The molecular formula is C45H80N12O15S. The molecule has 0 saturated heterocycles. The molecule has 0 aliphatic carbocycles. The van der Waals surface area contributed by atoms with Crippen molar-refractivity contribution in [3.8, 4) is 0 Å². The third-order valence-corrected chi connectivity index (χ3v) is 11.5. The van der Waals surface area contributed by atoms with Crippen LogP contribution in [0.2, 0.25) is 0 Å². The molecule has 11 amide bonds. The lowest BCUT2D eigenvalue weighted by atomic mass is 9.99. The third-order valence-electron chi connectivity index (χ3n) is 10.9. The van der Waals surface area contributed by atoms with E-state index < -0.39 is 176 Å². The van der Waals surface area contributed by atoms with Crippen LogP contribution in [-0.4, -0.2) is 172 Å². The molecular weight excluding hydrogens is 981 g/mol. The van der Waals surface area contributed by atoms with Crippen molar-refractivity contribution in [2.75, 3.05) is 25.2 Å². The summed E-state index contributed by atoms with van der Waals surface area (Å²) in [5, 5.41) is 50.8. The third kappa shape index (κ3) is 25.4. The molecule has 18 N–H and O–H groups in total. The molecule has 0 aliphatic rings. The predicted molar refractivity (Wildman–Crippen MR) is 267 cm³/mol. The minimum Gasteiger partial charge on any atom is -0.480 e. The number of nitrogens with one attached hydrogen (secondary N) is 9. The highest BCUT2D eigenvalue weighted by atomic mass is 32.2. The standard InChI is InChI=1S/C45H80N12O15S/c1-20(2)15-27(39(65)53-29(17-33(48)61)40(66)54-31(19-59)43(69)57-35(23(7)8)45(71)72)51-36(62)24(9)49-38(64)26(11-12-32(47)60)50-42(68)30(18-58)55-44(70)34(22(5)6)56-41(67)28(16-21(3)4)52-37(63)25(46)13-14-73-10/h20-31,34-35,58-59H,11-19,46H2,1-10H3,(H2,47,60)(H2,48,61)(H,49,64)(H,50,68)(H,51,62)(H,52,63)(H,53,65)(H,54,66)(H,55,70)(H,56,67)(H,57,69)(H,71,72)/t24-,25-,26-,27-,28-,29-,30-,31-,34-,35-/m0/s1. The van der Waals surface area contributed by atoms with E-state index in [1.165, 1.54) is 32.5 Å². The van der Waals surface area contributed by atoms with Crippen LogP contribution >= 0.6 is 11.8 Å². The van der Waals surface area contributed by atoms with E-state index in [0.717, 1.165) is 0 Å². The molecule has 0 heterocycles. The second-order valence-corrected chi connectivity index (χ2v) is 20.1. The number of hydrogen-bond donors (Lipinski definition) is 15. The summed E-state index contributed by atoms with van der Waals surface area (Å²) in [4.78, 5) is 156. The van der Waals surface area contributed by atoms with Crippen molar-refractivity contribution in [1.29, 1.82) is 0 Å². The second kappa shape index (κ2) is 33.6. The lowest BCUT2D eigenvalue weighted by Crippen LogP contribution is -2.61. The average molecular weight is 1060 g/mol. The maximum absolute atomic E-state index is 13.7. The van der Waals surface area contributed by atoms with Gasteiger partial charge in [-0.3, -0.25) is 52.7 Å². The Bertz CT molecular complexity index is 1920. The number of primary amides is 2. The van der Waals surface area contributed by atoms with Crippen LogP contribution < -0.4 is 65.1 Å². The van der Waals surface area contributed by atoms with Crippen LogP contribution in [0.4, 0.5) is 0 Å². The number of amides is 11. The first-order valence-corrected chi connectivity index (χ1v) is 25.3. The van der Waals surface area contributed by atoms with Crippen molar-refractivity contribution in [3.05, 3.63) is 0 Å². The zero-order chi connectivity index (χ0) is 56.4. The van der Waals surface area contributed by atoms with E-state index in [9.17, 15) is 72.9 Å². The molecule has 416 valence electrons. The van der Waals surface area contributed by atoms with Gasteiger partial charge in [-0.2, -0.15) is 11.8 Å². The summed E-state index contributed by atoms with van der Waals surface area (Å²) >= 11 is 1.49. The maximum atomic E-state index is 13.7. The fourth-order valence-electron chi connectivity index (χ4n) is 6.73. The van der Waals surface area contributed by atoms with Gasteiger partial charge in [0, 0.05) is 6.42 Å². The fourth-order valence-corrected chi connectivity index (χ4v) is 7.22. The number of aliphatic carboxylic acids is 1. The molecule has 0 radical (unpaired) electrons. The van der Waals surface area contributed by atoms with Crippen molar-refractivity contribution in [1.82, 2.24) is 47.9 Å². The Labute approximate surface area is 429 Å². The number of nitrogens with two attached hydrogens (primary N) is 3. The largest absolute Gasteiger partial charge is 0.480 e. The minimum atomic E-state index is -1.77. The topological polar surface area (TPSA) is 452 Å². The summed E-state index contributed by atoms with van der Waals surface area (Å²) in [6.45, 7) is 12.4. The first kappa shape index (κ1) is 66.9. The van der Waals surface area contributed by atoms with E-state index in [0.29, 0.717) is 12.2 Å². The molecule has 0 unspecified atom stereocenters. The molecule has 0 aromatic carbocycles. The molecule has 0 bridgehead atoms. The van der Waals surface area contributed by atoms with Crippen molar-refractivity contribution in [3.63, 3.8) is 0 Å². The van der Waals surface area contributed by atoms with Crippen molar-refractivity contribution in [2.24, 2.45) is 40.9 Å². The van der Waals surface area contributed by atoms with Crippen molar-refractivity contribution >= 4 is 82.7 Å². The molecule has 73 heavy (non-hydrogen) atoms. The molecule has 27 nitrogen and oxygen atoms in total. The SMILES string of the molecule is CSCC[C@H](N)C(=O)N[C@@H](CC(C)C)C(=O)N[C@H](C(=O)N[C@@H](CO)C(=O)N[C@@H](CCC(N)=O)C(=O)N[C@@H](C)C(=O)N[C@@H](CC(C)C)C(=O)N[C@@H](CC(N)=O)C(=O)N[C@@H](CO)C(=O)N[C@H](C(=O)O)C(C)C)C(C)C. The minimum absolute atomic E-state index is 0.0701. The monoisotopic (exact) mass is 1060 g/mol. The summed E-state index contributed by atoms with van der Waals surface area (Å²) in [5.41, 5.74) is 16.7. The van der Waals surface area contributed by atoms with Crippen LogP contribution in [0.1, 0.15) is 101 Å². The zero-order valence-electron chi connectivity index (χ0n) is 43.3. The summed E-state index contributed by atoms with van der Waals surface area (Å²) in [5.74, 6) is -12.9. The van der Waals surface area contributed by atoms with Crippen LogP contribution in [0.25, 0.3) is 0 Å². The predicted octanol–water partition coefficient (Wildman–Crippen LogP) is -4.94. The van der Waals surface area contributed by atoms with Gasteiger partial charge < -0.3 is 80.4 Å². The van der Waals surface area contributed by atoms with Gasteiger partial charge in [-0.1, -0.05) is 55.4 Å². The number of hydrogen-bond acceptors (Lipinski definition) is 16. The van der Waals surface area contributed by atoms with Crippen LogP contribution in [0, 0.1) is 23.7 Å². The van der Waals surface area contributed by atoms with Crippen molar-refractivity contribution in [2.45, 2.75) is 161 Å². The quantitative estimate of drug-likeness (QED) is 0.0283. The first-order chi connectivity index (χ1) is 33.9. The van der Waals surface area contributed by atoms with E-state index >= 15 is 0 Å². The lowest BCUT2D eigenvalue weighted by Gasteiger charge is -2.28. The molecule has 0 aromatic rings. The summed E-state index contributed by atoms with van der Waals surface area (Å²) < 4.78 is 0. The normalized spacial score (nSPS) is 15.4. The van der Waals surface area contributed by atoms with Gasteiger partial charge in [0.1, 0.15) is 54.4 Å². The zero-order valence-corrected chi connectivity index (χ0v) is 44.1. The van der Waals surface area contributed by atoms with E-state index in [-0.39, 0.29) is 24.7 Å². The van der Waals surface area contributed by atoms with Crippen molar-refractivity contribution < 1.29 is 72.9 Å². The number of aliphatic hydroxyl groups is 2. The van der Waals surface area contributed by atoms with Gasteiger partial charge in [-0.15, -0.1) is 0 Å². The van der Waals surface area contributed by atoms with Gasteiger partial charge in [0.15, 0.2) is 0 Å². The second-order valence-electron chi connectivity index (χ2n) is 19.1. The van der Waals surface area contributed by atoms with Gasteiger partial charge >= 0.3 is 5.97 Å². The summed E-state index contributed by atoms with van der Waals surface area (Å²) in [6.07, 6.45) is 0.613. The van der Waals surface area contributed by atoms with E-state index in [4.69, 9.17) is 17.2 Å². The Balaban J connectivity index is 6.25. The molecule has 0 spiro atoms. The van der Waals surface area contributed by atoms with Gasteiger partial charge in [0.25, 0.3) is 0 Å². The molecule has 0 aromatic heterocycles.